The van der Waals surface area contributed by atoms with Gasteiger partial charge in [0, 0.05) is 32.0 Å². The summed E-state index contributed by atoms with van der Waals surface area (Å²) in [6, 6.07) is 3.66. The fraction of sp³-hybridized carbons (Fsp3) is 0.647. The van der Waals surface area contributed by atoms with Crippen molar-refractivity contribution in [3.05, 3.63) is 30.1 Å². The number of aliphatic imine (C=N–C) groups is 1. The van der Waals surface area contributed by atoms with Gasteiger partial charge in [0.15, 0.2) is 5.96 Å². The van der Waals surface area contributed by atoms with Crippen LogP contribution in [-0.2, 0) is 0 Å². The summed E-state index contributed by atoms with van der Waals surface area (Å²) in [6.07, 6.45) is 7.91. The van der Waals surface area contributed by atoms with Crippen molar-refractivity contribution >= 4 is 29.9 Å². The van der Waals surface area contributed by atoms with Crippen molar-refractivity contribution in [1.29, 1.82) is 0 Å². The van der Waals surface area contributed by atoms with Crippen molar-refractivity contribution in [3.63, 3.8) is 0 Å². The molecule has 0 aliphatic heterocycles. The van der Waals surface area contributed by atoms with Gasteiger partial charge in [0.05, 0.1) is 6.10 Å². The van der Waals surface area contributed by atoms with Crippen LogP contribution in [0, 0.1) is 5.41 Å². The highest BCUT2D eigenvalue weighted by Gasteiger charge is 2.34. The Balaban J connectivity index is 0.00000264. The molecule has 0 spiro atoms. The maximum atomic E-state index is 10.2. The van der Waals surface area contributed by atoms with E-state index >= 15 is 0 Å². The van der Waals surface area contributed by atoms with Crippen molar-refractivity contribution < 1.29 is 5.11 Å². The first-order chi connectivity index (χ1) is 10.7. The van der Waals surface area contributed by atoms with Gasteiger partial charge < -0.3 is 15.7 Å². The Hall–Kier alpha value is -0.890. The van der Waals surface area contributed by atoms with E-state index in [9.17, 15) is 5.11 Å². The smallest absolute Gasteiger partial charge is 0.191 e. The standard InChI is InChI=1S/C17H28N4O.HI/c1-3-17(8-5-9-17)13-21-16(19-4-2)20-12-15(22)14-6-10-18-11-7-14;/h6-7,10-11,15,22H,3-5,8-9,12-13H2,1-2H3,(H2,19,20,21);1H. The lowest BCUT2D eigenvalue weighted by atomic mass is 9.67. The fourth-order valence-corrected chi connectivity index (χ4v) is 2.79. The van der Waals surface area contributed by atoms with Gasteiger partial charge >= 0.3 is 0 Å². The van der Waals surface area contributed by atoms with Gasteiger partial charge in [-0.15, -0.1) is 24.0 Å². The number of aliphatic hydroxyl groups excluding tert-OH is 1. The van der Waals surface area contributed by atoms with Crippen LogP contribution >= 0.6 is 24.0 Å². The molecule has 0 bridgehead atoms. The van der Waals surface area contributed by atoms with Gasteiger partial charge in [0.2, 0.25) is 0 Å². The minimum atomic E-state index is -0.560. The molecule has 6 heteroatoms. The number of rotatable bonds is 7. The summed E-state index contributed by atoms with van der Waals surface area (Å²) >= 11 is 0. The monoisotopic (exact) mass is 432 g/mol. The van der Waals surface area contributed by atoms with E-state index in [1.165, 1.54) is 25.7 Å². The molecule has 5 nitrogen and oxygen atoms in total. The number of aliphatic hydroxyl groups is 1. The Morgan fingerprint density at radius 2 is 2.00 bits per heavy atom. The molecule has 1 unspecified atom stereocenters. The zero-order valence-electron chi connectivity index (χ0n) is 14.1. The van der Waals surface area contributed by atoms with Crippen molar-refractivity contribution in [1.82, 2.24) is 15.6 Å². The van der Waals surface area contributed by atoms with Crippen molar-refractivity contribution in [3.8, 4) is 0 Å². The lowest BCUT2D eigenvalue weighted by Crippen LogP contribution is -2.41. The van der Waals surface area contributed by atoms with Crippen molar-refractivity contribution in [2.45, 2.75) is 45.6 Å². The molecule has 1 atom stereocenters. The number of guanidine groups is 1. The van der Waals surface area contributed by atoms with Gasteiger partial charge in [0.1, 0.15) is 0 Å². The van der Waals surface area contributed by atoms with E-state index in [1.807, 2.05) is 12.1 Å². The molecule has 0 amide bonds. The summed E-state index contributed by atoms with van der Waals surface area (Å²) in [5, 5.41) is 16.7. The van der Waals surface area contributed by atoms with Crippen molar-refractivity contribution in [2.75, 3.05) is 19.6 Å². The summed E-state index contributed by atoms with van der Waals surface area (Å²) in [7, 11) is 0. The SMILES string of the molecule is CCNC(=NCC1(CC)CCC1)NCC(O)c1ccncc1.I. The minimum absolute atomic E-state index is 0. The Labute approximate surface area is 156 Å². The molecule has 0 aromatic carbocycles. The summed E-state index contributed by atoms with van der Waals surface area (Å²) < 4.78 is 0. The zero-order valence-corrected chi connectivity index (χ0v) is 16.4. The number of aromatic nitrogens is 1. The van der Waals surface area contributed by atoms with Crippen molar-refractivity contribution in [2.24, 2.45) is 10.4 Å². The zero-order chi connectivity index (χ0) is 15.8. The summed E-state index contributed by atoms with van der Waals surface area (Å²) in [6.45, 7) is 6.42. The van der Waals surface area contributed by atoms with E-state index in [-0.39, 0.29) is 24.0 Å². The van der Waals surface area contributed by atoms with Gasteiger partial charge in [0.25, 0.3) is 0 Å². The Morgan fingerprint density at radius 1 is 1.30 bits per heavy atom. The van der Waals surface area contributed by atoms with Crippen LogP contribution in [-0.4, -0.2) is 35.7 Å². The quantitative estimate of drug-likeness (QED) is 0.352. The van der Waals surface area contributed by atoms with Gasteiger partial charge in [-0.3, -0.25) is 9.98 Å². The number of halogens is 1. The molecule has 1 aliphatic carbocycles. The molecule has 3 N–H and O–H groups in total. The first-order valence-corrected chi connectivity index (χ1v) is 8.29. The summed E-state index contributed by atoms with van der Waals surface area (Å²) in [5.41, 5.74) is 1.27. The van der Waals surface area contributed by atoms with Crippen LogP contribution in [0.25, 0.3) is 0 Å². The highest BCUT2D eigenvalue weighted by molar-refractivity contribution is 14.0. The van der Waals surface area contributed by atoms with Crippen LogP contribution in [0.1, 0.15) is 51.2 Å². The number of hydrogen-bond acceptors (Lipinski definition) is 3. The topological polar surface area (TPSA) is 69.5 Å². The van der Waals surface area contributed by atoms with E-state index < -0.39 is 6.10 Å². The molecule has 23 heavy (non-hydrogen) atoms. The molecule has 0 radical (unpaired) electrons. The molecule has 1 heterocycles. The predicted molar refractivity (Wildman–Crippen MR) is 105 cm³/mol. The second kappa shape index (κ2) is 10.1. The Bertz CT molecular complexity index is 471. The third-order valence-electron chi connectivity index (χ3n) is 4.63. The molecule has 130 valence electrons. The largest absolute Gasteiger partial charge is 0.387 e. The first kappa shape index (κ1) is 20.2. The van der Waals surface area contributed by atoms with Crippen LogP contribution in [0.5, 0.6) is 0 Å². The highest BCUT2D eigenvalue weighted by atomic mass is 127. The third kappa shape index (κ3) is 5.91. The number of pyridine rings is 1. The fourth-order valence-electron chi connectivity index (χ4n) is 2.79. The summed E-state index contributed by atoms with van der Waals surface area (Å²) in [5.74, 6) is 0.787. The normalized spacial score (nSPS) is 17.6. The van der Waals surface area contributed by atoms with Gasteiger partial charge in [-0.25, -0.2) is 0 Å². The average Bonchev–Trinajstić information content (AvgIpc) is 2.52. The summed E-state index contributed by atoms with van der Waals surface area (Å²) in [4.78, 5) is 8.68. The molecule has 1 aromatic heterocycles. The molecule has 1 fully saturated rings. The molecule has 2 rings (SSSR count). The Kier molecular flexibility index (Phi) is 8.83. The second-order valence-electron chi connectivity index (χ2n) is 6.08. The number of nitrogens with zero attached hydrogens (tertiary/aromatic N) is 2. The minimum Gasteiger partial charge on any atom is -0.387 e. The van der Waals surface area contributed by atoms with E-state index in [0.717, 1.165) is 24.6 Å². The maximum absolute atomic E-state index is 10.2. The number of hydrogen-bond donors (Lipinski definition) is 3. The van der Waals surface area contributed by atoms with E-state index in [1.54, 1.807) is 12.4 Å². The van der Waals surface area contributed by atoms with Crippen LogP contribution in [0.15, 0.2) is 29.5 Å². The van der Waals surface area contributed by atoms with Crippen LogP contribution in [0.3, 0.4) is 0 Å². The molecule has 1 aliphatic rings. The molecular formula is C17H29IN4O. The Morgan fingerprint density at radius 3 is 2.52 bits per heavy atom. The molecular weight excluding hydrogens is 403 g/mol. The molecule has 0 saturated heterocycles. The predicted octanol–water partition coefficient (Wildman–Crippen LogP) is 2.87. The second-order valence-corrected chi connectivity index (χ2v) is 6.08. The molecule has 1 saturated carbocycles. The van der Waals surface area contributed by atoms with Crippen LogP contribution < -0.4 is 10.6 Å². The van der Waals surface area contributed by atoms with Gasteiger partial charge in [-0.1, -0.05) is 13.3 Å². The molecule has 1 aromatic rings. The first-order valence-electron chi connectivity index (χ1n) is 8.29. The van der Waals surface area contributed by atoms with Crippen LogP contribution in [0.2, 0.25) is 0 Å². The third-order valence-corrected chi connectivity index (χ3v) is 4.63. The van der Waals surface area contributed by atoms with E-state index in [0.29, 0.717) is 12.0 Å². The number of nitrogens with one attached hydrogen (secondary N) is 2. The van der Waals surface area contributed by atoms with Gasteiger partial charge in [-0.05, 0) is 49.3 Å². The highest BCUT2D eigenvalue weighted by Crippen LogP contribution is 2.43. The lowest BCUT2D eigenvalue weighted by molar-refractivity contribution is 0.139. The average molecular weight is 432 g/mol. The van der Waals surface area contributed by atoms with Crippen LogP contribution in [0.4, 0.5) is 0 Å². The van der Waals surface area contributed by atoms with E-state index in [4.69, 9.17) is 4.99 Å². The van der Waals surface area contributed by atoms with E-state index in [2.05, 4.69) is 29.5 Å². The van der Waals surface area contributed by atoms with Gasteiger partial charge in [-0.2, -0.15) is 0 Å². The lowest BCUT2D eigenvalue weighted by Gasteiger charge is -2.40. The maximum Gasteiger partial charge on any atom is 0.191 e.